The molecule has 1 amide bonds. The van der Waals surface area contributed by atoms with Crippen molar-refractivity contribution < 1.29 is 22.7 Å². The van der Waals surface area contributed by atoms with Gasteiger partial charge in [-0.25, -0.2) is 28.2 Å². The number of sulfonamides is 1. The molecule has 13 heteroatoms. The summed E-state index contributed by atoms with van der Waals surface area (Å²) in [5.41, 5.74) is 1.82. The topological polar surface area (TPSA) is 144 Å². The van der Waals surface area contributed by atoms with Crippen LogP contribution >= 0.6 is 11.6 Å². The molecule has 2 heterocycles. The molecule has 2 aromatic heterocycles. The lowest BCUT2D eigenvalue weighted by Gasteiger charge is -2.30. The molecule has 46 heavy (non-hydrogen) atoms. The molecule has 0 radical (unpaired) electrons. The molecule has 0 unspecified atom stereocenters. The van der Waals surface area contributed by atoms with Crippen molar-refractivity contribution in [3.05, 3.63) is 83.6 Å². The molecule has 1 fully saturated rings. The van der Waals surface area contributed by atoms with Gasteiger partial charge in [-0.1, -0.05) is 23.7 Å². The van der Waals surface area contributed by atoms with E-state index in [-0.39, 0.29) is 22.0 Å². The summed E-state index contributed by atoms with van der Waals surface area (Å²) in [4.78, 5) is 25.8. The van der Waals surface area contributed by atoms with Gasteiger partial charge in [-0.15, -0.1) is 0 Å². The average molecular weight is 665 g/mol. The lowest BCUT2D eigenvalue weighted by atomic mass is 9.91. The van der Waals surface area contributed by atoms with Crippen LogP contribution < -0.4 is 20.1 Å². The number of rotatable bonds is 9. The minimum absolute atomic E-state index is 0.00521. The summed E-state index contributed by atoms with van der Waals surface area (Å²) in [6, 6.07) is 16.9. The Morgan fingerprint density at radius 3 is 2.39 bits per heavy atom. The molecular formula is C33H37ClN6O5S. The van der Waals surface area contributed by atoms with Gasteiger partial charge >= 0.3 is 6.09 Å². The fraction of sp³-hybridized carbons (Fsp3) is 0.333. The zero-order chi connectivity index (χ0) is 32.9. The molecule has 4 aromatic rings. The molecule has 0 atom stereocenters. The Labute approximate surface area is 274 Å². The number of carbonyl (C=O) groups is 1. The van der Waals surface area contributed by atoms with Gasteiger partial charge in [0.05, 0.1) is 16.3 Å². The number of hydrogen-bond acceptors (Lipinski definition) is 9. The predicted molar refractivity (Wildman–Crippen MR) is 178 cm³/mol. The molecule has 1 aliphatic rings. The Balaban J connectivity index is 1.24. The zero-order valence-electron chi connectivity index (χ0n) is 26.1. The molecular weight excluding hydrogens is 628 g/mol. The predicted octanol–water partition coefficient (Wildman–Crippen LogP) is 7.34. The van der Waals surface area contributed by atoms with E-state index < -0.39 is 21.7 Å². The number of anilines is 2. The quantitative estimate of drug-likeness (QED) is 0.167. The van der Waals surface area contributed by atoms with Crippen molar-refractivity contribution >= 4 is 39.4 Å². The molecule has 0 saturated heterocycles. The van der Waals surface area contributed by atoms with E-state index in [4.69, 9.17) is 26.1 Å². The zero-order valence-corrected chi connectivity index (χ0v) is 27.7. The largest absolute Gasteiger partial charge is 0.444 e. The molecule has 1 aliphatic carbocycles. The first-order chi connectivity index (χ1) is 21.9. The maximum Gasteiger partial charge on any atom is 0.407 e. The summed E-state index contributed by atoms with van der Waals surface area (Å²) >= 11 is 6.11. The second-order valence-corrected chi connectivity index (χ2v) is 14.1. The number of aryl methyl sites for hydroxylation is 1. The first kappa shape index (κ1) is 33.0. The second-order valence-electron chi connectivity index (χ2n) is 12.1. The van der Waals surface area contributed by atoms with Crippen LogP contribution in [0.25, 0.3) is 11.3 Å². The minimum atomic E-state index is -3.88. The van der Waals surface area contributed by atoms with Crippen molar-refractivity contribution in [2.45, 2.75) is 76.0 Å². The Morgan fingerprint density at radius 1 is 0.935 bits per heavy atom. The standard InChI is InChI=1S/C33H37ClN6O5S/c1-21-20-24(40-46(42,43)29-10-6-5-9-26(29)34)15-16-28(21)44-30-25(8-7-18-35-30)27-17-19-36-31(39-27)37-22-11-13-23(14-12-22)38-32(41)45-33(2,3)4/h5-10,15-20,22-23,40H,11-14H2,1-4H3,(H,38,41)(H,36,37,39). The second kappa shape index (κ2) is 13.9. The highest BCUT2D eigenvalue weighted by molar-refractivity contribution is 7.92. The Hall–Kier alpha value is -4.42. The number of pyridine rings is 1. The summed E-state index contributed by atoms with van der Waals surface area (Å²) < 4.78 is 39.9. The fourth-order valence-corrected chi connectivity index (χ4v) is 6.66. The van der Waals surface area contributed by atoms with Crippen molar-refractivity contribution in [1.29, 1.82) is 0 Å². The molecule has 2 aromatic carbocycles. The van der Waals surface area contributed by atoms with E-state index >= 15 is 0 Å². The van der Waals surface area contributed by atoms with E-state index in [0.717, 1.165) is 25.7 Å². The van der Waals surface area contributed by atoms with Crippen LogP contribution in [0.3, 0.4) is 0 Å². The van der Waals surface area contributed by atoms with Crippen LogP contribution in [0.15, 0.2) is 78.0 Å². The molecule has 242 valence electrons. The normalized spacial score (nSPS) is 16.7. The first-order valence-electron chi connectivity index (χ1n) is 15.0. The smallest absolute Gasteiger partial charge is 0.407 e. The van der Waals surface area contributed by atoms with Crippen LogP contribution in [0.4, 0.5) is 16.4 Å². The summed E-state index contributed by atoms with van der Waals surface area (Å²) in [5, 5.41) is 6.53. The van der Waals surface area contributed by atoms with Gasteiger partial charge < -0.3 is 20.1 Å². The minimum Gasteiger partial charge on any atom is -0.444 e. The van der Waals surface area contributed by atoms with E-state index in [1.54, 1.807) is 54.9 Å². The van der Waals surface area contributed by atoms with Crippen LogP contribution in [0, 0.1) is 6.92 Å². The molecule has 0 spiro atoms. The van der Waals surface area contributed by atoms with Crippen molar-refractivity contribution in [1.82, 2.24) is 20.3 Å². The SMILES string of the molecule is Cc1cc(NS(=O)(=O)c2ccccc2Cl)ccc1Oc1ncccc1-c1ccnc(NC2CCC(NC(=O)OC(C)(C)C)CC2)n1. The number of alkyl carbamates (subject to hydrolysis) is 1. The maximum atomic E-state index is 12.9. The highest BCUT2D eigenvalue weighted by Crippen LogP contribution is 2.34. The average Bonchev–Trinajstić information content (AvgIpc) is 2.99. The third kappa shape index (κ3) is 8.64. The molecule has 5 rings (SSSR count). The number of ether oxygens (including phenoxy) is 2. The van der Waals surface area contributed by atoms with Crippen molar-refractivity contribution in [2.75, 3.05) is 10.0 Å². The first-order valence-corrected chi connectivity index (χ1v) is 16.8. The highest BCUT2D eigenvalue weighted by Gasteiger charge is 2.25. The molecule has 11 nitrogen and oxygen atoms in total. The molecule has 1 saturated carbocycles. The van der Waals surface area contributed by atoms with E-state index in [1.165, 1.54) is 12.1 Å². The van der Waals surface area contributed by atoms with Crippen molar-refractivity contribution in [3.63, 3.8) is 0 Å². The Morgan fingerprint density at radius 2 is 1.67 bits per heavy atom. The van der Waals surface area contributed by atoms with E-state index in [1.807, 2.05) is 33.8 Å². The molecule has 0 aliphatic heterocycles. The van der Waals surface area contributed by atoms with Crippen molar-refractivity contribution in [3.8, 4) is 22.9 Å². The van der Waals surface area contributed by atoms with Crippen LogP contribution in [0.1, 0.15) is 52.0 Å². The third-order valence-electron chi connectivity index (χ3n) is 7.24. The number of benzene rings is 2. The lowest BCUT2D eigenvalue weighted by molar-refractivity contribution is 0.0492. The van der Waals surface area contributed by atoms with Gasteiger partial charge in [0.25, 0.3) is 10.0 Å². The lowest BCUT2D eigenvalue weighted by Crippen LogP contribution is -2.42. The summed E-state index contributed by atoms with van der Waals surface area (Å²) in [6.07, 6.45) is 6.25. The maximum absolute atomic E-state index is 12.9. The van der Waals surface area contributed by atoms with Crippen LogP contribution in [-0.2, 0) is 14.8 Å². The van der Waals surface area contributed by atoms with Gasteiger partial charge in [-0.3, -0.25) is 4.72 Å². The third-order valence-corrected chi connectivity index (χ3v) is 9.12. The molecule has 3 N–H and O–H groups in total. The number of carbonyl (C=O) groups excluding carboxylic acids is 1. The fourth-order valence-electron chi connectivity index (χ4n) is 5.09. The number of hydrogen-bond donors (Lipinski definition) is 3. The summed E-state index contributed by atoms with van der Waals surface area (Å²) in [5.74, 6) is 1.33. The number of aromatic nitrogens is 3. The van der Waals surface area contributed by atoms with Gasteiger partial charge in [-0.05, 0) is 107 Å². The number of halogens is 1. The highest BCUT2D eigenvalue weighted by atomic mass is 35.5. The number of nitrogens with one attached hydrogen (secondary N) is 3. The number of amides is 1. The van der Waals surface area contributed by atoms with Gasteiger partial charge in [0, 0.05) is 30.2 Å². The summed E-state index contributed by atoms with van der Waals surface area (Å²) in [6.45, 7) is 7.36. The van der Waals surface area contributed by atoms with Crippen molar-refractivity contribution in [2.24, 2.45) is 0 Å². The van der Waals surface area contributed by atoms with Crippen LogP contribution in [0.5, 0.6) is 11.6 Å². The Kier molecular flexibility index (Phi) is 9.97. The van der Waals surface area contributed by atoms with E-state index in [2.05, 4.69) is 25.3 Å². The van der Waals surface area contributed by atoms with Crippen LogP contribution in [0.2, 0.25) is 5.02 Å². The van der Waals surface area contributed by atoms with Gasteiger partial charge in [-0.2, -0.15) is 0 Å². The van der Waals surface area contributed by atoms with E-state index in [9.17, 15) is 13.2 Å². The van der Waals surface area contributed by atoms with Gasteiger partial charge in [0.2, 0.25) is 11.8 Å². The van der Waals surface area contributed by atoms with Gasteiger partial charge in [0.15, 0.2) is 0 Å². The van der Waals surface area contributed by atoms with Crippen LogP contribution in [-0.4, -0.2) is 47.1 Å². The Bertz CT molecular complexity index is 1810. The van der Waals surface area contributed by atoms with Gasteiger partial charge in [0.1, 0.15) is 16.2 Å². The number of nitrogens with zero attached hydrogens (tertiary/aromatic N) is 3. The monoisotopic (exact) mass is 664 g/mol. The van der Waals surface area contributed by atoms with E-state index in [0.29, 0.717) is 40.1 Å². The summed E-state index contributed by atoms with van der Waals surface area (Å²) in [7, 11) is -3.88. The molecule has 0 bridgehead atoms.